The van der Waals surface area contributed by atoms with E-state index in [0.29, 0.717) is 12.0 Å². The van der Waals surface area contributed by atoms with E-state index in [1.54, 1.807) is 0 Å². The molecule has 0 bridgehead atoms. The SMILES string of the molecule is CC(C)C#CCCCCc1cn(C(C)C)nn1. The summed E-state index contributed by atoms with van der Waals surface area (Å²) < 4.78 is 1.91. The Bertz CT molecular complexity index is 380. The summed E-state index contributed by atoms with van der Waals surface area (Å²) in [5.41, 5.74) is 1.09. The maximum absolute atomic E-state index is 4.16. The molecule has 3 nitrogen and oxygen atoms in total. The van der Waals surface area contributed by atoms with E-state index in [0.717, 1.165) is 31.4 Å². The number of rotatable bonds is 5. The van der Waals surface area contributed by atoms with Crippen LogP contribution >= 0.6 is 0 Å². The second kappa shape index (κ2) is 7.11. The van der Waals surface area contributed by atoms with Crippen LogP contribution in [0.4, 0.5) is 0 Å². The summed E-state index contributed by atoms with van der Waals surface area (Å²) in [7, 11) is 0. The highest BCUT2D eigenvalue weighted by Gasteiger charge is 2.02. The largest absolute Gasteiger partial charge is 0.250 e. The molecule has 0 radical (unpaired) electrons. The van der Waals surface area contributed by atoms with Crippen molar-refractivity contribution in [2.24, 2.45) is 5.92 Å². The fourth-order valence-electron chi connectivity index (χ4n) is 1.48. The van der Waals surface area contributed by atoms with Crippen molar-refractivity contribution in [3.05, 3.63) is 11.9 Å². The van der Waals surface area contributed by atoms with Crippen LogP contribution in [0.2, 0.25) is 0 Å². The highest BCUT2D eigenvalue weighted by atomic mass is 15.4. The van der Waals surface area contributed by atoms with E-state index in [9.17, 15) is 0 Å². The van der Waals surface area contributed by atoms with E-state index in [4.69, 9.17) is 0 Å². The van der Waals surface area contributed by atoms with Gasteiger partial charge in [-0.3, -0.25) is 0 Å². The zero-order chi connectivity index (χ0) is 12.7. The van der Waals surface area contributed by atoms with E-state index in [-0.39, 0.29) is 0 Å². The van der Waals surface area contributed by atoms with Crippen LogP contribution in [0.25, 0.3) is 0 Å². The van der Waals surface area contributed by atoms with Gasteiger partial charge in [0.15, 0.2) is 0 Å². The predicted octanol–water partition coefficient (Wildman–Crippen LogP) is 3.23. The van der Waals surface area contributed by atoms with Crippen molar-refractivity contribution in [2.45, 2.75) is 59.4 Å². The van der Waals surface area contributed by atoms with Gasteiger partial charge in [0.25, 0.3) is 0 Å². The summed E-state index contributed by atoms with van der Waals surface area (Å²) in [6, 6.07) is 0.396. The molecule has 0 aromatic carbocycles. The Kier molecular flexibility index (Phi) is 5.76. The quantitative estimate of drug-likeness (QED) is 0.577. The Morgan fingerprint density at radius 3 is 2.59 bits per heavy atom. The van der Waals surface area contributed by atoms with Crippen molar-refractivity contribution in [1.29, 1.82) is 0 Å². The van der Waals surface area contributed by atoms with Crippen LogP contribution in [0.5, 0.6) is 0 Å². The number of hydrogen-bond acceptors (Lipinski definition) is 2. The van der Waals surface area contributed by atoms with Gasteiger partial charge in [0, 0.05) is 24.6 Å². The zero-order valence-electron chi connectivity index (χ0n) is 11.4. The lowest BCUT2D eigenvalue weighted by Gasteiger charge is -2.00. The molecular formula is C14H23N3. The van der Waals surface area contributed by atoms with Gasteiger partial charge < -0.3 is 0 Å². The van der Waals surface area contributed by atoms with Crippen molar-refractivity contribution >= 4 is 0 Å². The third-order valence-electron chi connectivity index (χ3n) is 2.46. The Hall–Kier alpha value is -1.30. The van der Waals surface area contributed by atoms with Gasteiger partial charge in [-0.1, -0.05) is 19.1 Å². The average Bonchev–Trinajstić information content (AvgIpc) is 2.71. The molecule has 0 saturated heterocycles. The molecule has 0 amide bonds. The fourth-order valence-corrected chi connectivity index (χ4v) is 1.48. The van der Waals surface area contributed by atoms with Crippen LogP contribution in [0.1, 0.15) is 58.7 Å². The highest BCUT2D eigenvalue weighted by Crippen LogP contribution is 2.06. The summed E-state index contributed by atoms with van der Waals surface area (Å²) >= 11 is 0. The molecule has 0 aliphatic carbocycles. The normalized spacial score (nSPS) is 10.7. The van der Waals surface area contributed by atoms with Gasteiger partial charge in [0.05, 0.1) is 5.69 Å². The maximum atomic E-state index is 4.16. The molecule has 3 heteroatoms. The van der Waals surface area contributed by atoms with Crippen LogP contribution in [-0.2, 0) is 6.42 Å². The van der Waals surface area contributed by atoms with Crippen LogP contribution in [0, 0.1) is 17.8 Å². The van der Waals surface area contributed by atoms with Crippen molar-refractivity contribution < 1.29 is 0 Å². The summed E-state index contributed by atoms with van der Waals surface area (Å²) in [6.07, 6.45) is 6.34. The van der Waals surface area contributed by atoms with E-state index in [1.807, 2.05) is 10.9 Å². The first-order valence-corrected chi connectivity index (χ1v) is 6.48. The first-order chi connectivity index (χ1) is 8.09. The molecule has 1 aromatic rings. The van der Waals surface area contributed by atoms with Gasteiger partial charge in [-0.2, -0.15) is 0 Å². The number of unbranched alkanes of at least 4 members (excludes halogenated alkanes) is 2. The number of nitrogens with zero attached hydrogens (tertiary/aromatic N) is 3. The van der Waals surface area contributed by atoms with Gasteiger partial charge in [-0.25, -0.2) is 4.68 Å². The van der Waals surface area contributed by atoms with Crippen molar-refractivity contribution in [3.63, 3.8) is 0 Å². The lowest BCUT2D eigenvalue weighted by molar-refractivity contribution is 0.514. The molecule has 0 unspecified atom stereocenters. The van der Waals surface area contributed by atoms with Gasteiger partial charge >= 0.3 is 0 Å². The van der Waals surface area contributed by atoms with E-state index in [2.05, 4.69) is 49.8 Å². The Labute approximate surface area is 105 Å². The second-order valence-corrected chi connectivity index (χ2v) is 4.97. The molecule has 94 valence electrons. The van der Waals surface area contributed by atoms with E-state index < -0.39 is 0 Å². The minimum atomic E-state index is 0.396. The standard InChI is InChI=1S/C14H23N3/c1-12(2)9-7-5-6-8-10-14-11-17(13(3)4)16-15-14/h11-13H,5-6,8,10H2,1-4H3. The first kappa shape index (κ1) is 13.8. The number of hydrogen-bond donors (Lipinski definition) is 0. The van der Waals surface area contributed by atoms with Crippen LogP contribution in [0.15, 0.2) is 6.20 Å². The van der Waals surface area contributed by atoms with E-state index >= 15 is 0 Å². The topological polar surface area (TPSA) is 30.7 Å². The molecule has 0 aliphatic rings. The molecule has 0 saturated carbocycles. The average molecular weight is 233 g/mol. The minimum absolute atomic E-state index is 0.396. The lowest BCUT2D eigenvalue weighted by atomic mass is 10.1. The fraction of sp³-hybridized carbons (Fsp3) is 0.714. The minimum Gasteiger partial charge on any atom is -0.250 e. The summed E-state index contributed by atoms with van der Waals surface area (Å²) in [4.78, 5) is 0. The molecule has 0 fully saturated rings. The van der Waals surface area contributed by atoms with E-state index in [1.165, 1.54) is 0 Å². The predicted molar refractivity (Wildman–Crippen MR) is 70.6 cm³/mol. The molecule has 1 aromatic heterocycles. The molecule has 0 aliphatic heterocycles. The summed E-state index contributed by atoms with van der Waals surface area (Å²) in [5, 5.41) is 8.25. The number of aryl methyl sites for hydroxylation is 1. The first-order valence-electron chi connectivity index (χ1n) is 6.48. The molecule has 1 heterocycles. The zero-order valence-corrected chi connectivity index (χ0v) is 11.4. The summed E-state index contributed by atoms with van der Waals surface area (Å²) in [6.45, 7) is 8.47. The highest BCUT2D eigenvalue weighted by molar-refractivity contribution is 5.01. The monoisotopic (exact) mass is 233 g/mol. The van der Waals surface area contributed by atoms with Gasteiger partial charge in [-0.05, 0) is 33.1 Å². The summed E-state index contributed by atoms with van der Waals surface area (Å²) in [5.74, 6) is 6.87. The molecule has 1 rings (SSSR count). The van der Waals surface area contributed by atoms with Gasteiger partial charge in [-0.15, -0.1) is 16.9 Å². The maximum Gasteiger partial charge on any atom is 0.0827 e. The second-order valence-electron chi connectivity index (χ2n) is 4.97. The van der Waals surface area contributed by atoms with Crippen molar-refractivity contribution in [3.8, 4) is 11.8 Å². The van der Waals surface area contributed by atoms with Crippen LogP contribution in [-0.4, -0.2) is 15.0 Å². The van der Waals surface area contributed by atoms with Gasteiger partial charge in [0.2, 0.25) is 0 Å². The molecule has 0 N–H and O–H groups in total. The Morgan fingerprint density at radius 2 is 2.00 bits per heavy atom. The third-order valence-corrected chi connectivity index (χ3v) is 2.46. The van der Waals surface area contributed by atoms with Crippen molar-refractivity contribution in [2.75, 3.05) is 0 Å². The van der Waals surface area contributed by atoms with Gasteiger partial charge in [0.1, 0.15) is 0 Å². The van der Waals surface area contributed by atoms with Crippen LogP contribution < -0.4 is 0 Å². The smallest absolute Gasteiger partial charge is 0.0827 e. The molecule has 17 heavy (non-hydrogen) atoms. The molecule has 0 atom stereocenters. The third kappa shape index (κ3) is 5.53. The molecular weight excluding hydrogens is 210 g/mol. The number of aromatic nitrogens is 3. The Balaban J connectivity index is 2.20. The lowest BCUT2D eigenvalue weighted by Crippen LogP contribution is -2.00. The van der Waals surface area contributed by atoms with Crippen molar-refractivity contribution in [1.82, 2.24) is 15.0 Å². The van der Waals surface area contributed by atoms with Crippen LogP contribution in [0.3, 0.4) is 0 Å². The Morgan fingerprint density at radius 1 is 1.24 bits per heavy atom. The molecule has 0 spiro atoms.